The third kappa shape index (κ3) is 4.70. The van der Waals surface area contributed by atoms with Crippen molar-refractivity contribution >= 4 is 11.6 Å². The molecule has 3 rings (SSSR count). The van der Waals surface area contributed by atoms with E-state index in [-0.39, 0.29) is 25.1 Å². The molecule has 0 bridgehead atoms. The van der Waals surface area contributed by atoms with E-state index < -0.39 is 0 Å². The highest BCUT2D eigenvalue weighted by Crippen LogP contribution is 2.23. The molecule has 0 saturated carbocycles. The van der Waals surface area contributed by atoms with Gasteiger partial charge < -0.3 is 14.6 Å². The van der Waals surface area contributed by atoms with Crippen LogP contribution in [0.15, 0.2) is 42.5 Å². The monoisotopic (exact) mass is 365 g/mol. The number of rotatable bonds is 6. The number of benzene rings is 2. The molecule has 0 radical (unpaired) electrons. The van der Waals surface area contributed by atoms with Gasteiger partial charge in [-0.05, 0) is 29.8 Å². The summed E-state index contributed by atoms with van der Waals surface area (Å²) in [6, 6.07) is 12.3. The number of nitrogens with zero attached hydrogens (tertiary/aromatic N) is 1. The Morgan fingerprint density at radius 2 is 2.12 bits per heavy atom. The third-order valence-electron chi connectivity index (χ3n) is 4.29. The Labute approximate surface area is 151 Å². The molecule has 1 heterocycles. The first kappa shape index (κ1) is 18.1. The van der Waals surface area contributed by atoms with Gasteiger partial charge in [0.25, 0.3) is 0 Å². The summed E-state index contributed by atoms with van der Waals surface area (Å²) < 4.78 is 24.9. The Bertz CT molecular complexity index is 693. The van der Waals surface area contributed by atoms with E-state index in [1.807, 2.05) is 24.3 Å². The Balaban J connectivity index is 1.65. The molecule has 2 aromatic rings. The molecule has 1 fully saturated rings. The molecule has 4 nitrogen and oxygen atoms in total. The van der Waals surface area contributed by atoms with Crippen molar-refractivity contribution < 1.29 is 19.0 Å². The van der Waals surface area contributed by atoms with Crippen molar-refractivity contribution in [3.8, 4) is 5.75 Å². The van der Waals surface area contributed by atoms with Gasteiger partial charge in [0.1, 0.15) is 18.2 Å². The lowest BCUT2D eigenvalue weighted by atomic mass is 10.1. The molecule has 1 saturated heterocycles. The summed E-state index contributed by atoms with van der Waals surface area (Å²) in [5.41, 5.74) is 1.42. The van der Waals surface area contributed by atoms with Crippen LogP contribution in [0.25, 0.3) is 0 Å². The smallest absolute Gasteiger partial charge is 0.131 e. The van der Waals surface area contributed by atoms with Crippen LogP contribution in [-0.2, 0) is 17.9 Å². The van der Waals surface area contributed by atoms with Crippen molar-refractivity contribution in [2.45, 2.75) is 19.2 Å². The molecule has 2 aromatic carbocycles. The number of morpholine rings is 1. The molecule has 6 heteroatoms. The number of aliphatic hydroxyl groups excluding tert-OH is 1. The highest BCUT2D eigenvalue weighted by Gasteiger charge is 2.22. The number of hydrogen-bond acceptors (Lipinski definition) is 4. The second-order valence-corrected chi connectivity index (χ2v) is 6.43. The number of hydrogen-bond donors (Lipinski definition) is 1. The Morgan fingerprint density at radius 3 is 2.92 bits per heavy atom. The van der Waals surface area contributed by atoms with Crippen LogP contribution in [0.5, 0.6) is 5.75 Å². The topological polar surface area (TPSA) is 41.9 Å². The van der Waals surface area contributed by atoms with Crippen molar-refractivity contribution in [2.24, 2.45) is 0 Å². The molecule has 1 aliphatic rings. The van der Waals surface area contributed by atoms with Crippen molar-refractivity contribution in [1.82, 2.24) is 4.90 Å². The lowest BCUT2D eigenvalue weighted by Gasteiger charge is -2.34. The summed E-state index contributed by atoms with van der Waals surface area (Å²) in [5.74, 6) is 0.286. The van der Waals surface area contributed by atoms with Gasteiger partial charge in [-0.1, -0.05) is 29.8 Å². The summed E-state index contributed by atoms with van der Waals surface area (Å²) >= 11 is 6.03. The lowest BCUT2D eigenvalue weighted by Crippen LogP contribution is -2.46. The van der Waals surface area contributed by atoms with Crippen LogP contribution in [0.1, 0.15) is 11.1 Å². The predicted molar refractivity (Wildman–Crippen MR) is 94.3 cm³/mol. The van der Waals surface area contributed by atoms with E-state index in [1.54, 1.807) is 12.1 Å². The highest BCUT2D eigenvalue weighted by molar-refractivity contribution is 6.31. The quantitative estimate of drug-likeness (QED) is 0.853. The average Bonchev–Trinajstić information content (AvgIpc) is 2.62. The number of ether oxygens (including phenoxy) is 2. The van der Waals surface area contributed by atoms with Gasteiger partial charge in [0.05, 0.1) is 30.9 Å². The van der Waals surface area contributed by atoms with Gasteiger partial charge in [0.2, 0.25) is 0 Å². The second-order valence-electron chi connectivity index (χ2n) is 6.02. The first-order valence-electron chi connectivity index (χ1n) is 8.24. The Morgan fingerprint density at radius 1 is 1.28 bits per heavy atom. The molecule has 134 valence electrons. The van der Waals surface area contributed by atoms with Gasteiger partial charge in [-0.15, -0.1) is 0 Å². The molecular weight excluding hydrogens is 345 g/mol. The van der Waals surface area contributed by atoms with E-state index in [2.05, 4.69) is 4.90 Å². The molecule has 0 aromatic heterocycles. The van der Waals surface area contributed by atoms with Crippen molar-refractivity contribution in [3.05, 3.63) is 64.4 Å². The normalized spacial score (nSPS) is 18.3. The van der Waals surface area contributed by atoms with Gasteiger partial charge in [-0.3, -0.25) is 4.90 Å². The fraction of sp³-hybridized carbons (Fsp3) is 0.368. The minimum atomic E-state index is -0.372. The minimum Gasteiger partial charge on any atom is -0.489 e. The van der Waals surface area contributed by atoms with E-state index in [0.717, 1.165) is 12.1 Å². The molecule has 25 heavy (non-hydrogen) atoms. The number of aliphatic hydroxyl groups is 1. The second kappa shape index (κ2) is 8.63. The van der Waals surface area contributed by atoms with Gasteiger partial charge in [0.15, 0.2) is 0 Å². The largest absolute Gasteiger partial charge is 0.489 e. The van der Waals surface area contributed by atoms with E-state index in [0.29, 0.717) is 36.1 Å². The summed E-state index contributed by atoms with van der Waals surface area (Å²) in [6.45, 7) is 2.83. The first-order chi connectivity index (χ1) is 12.2. The van der Waals surface area contributed by atoms with Crippen molar-refractivity contribution in [1.29, 1.82) is 0 Å². The van der Waals surface area contributed by atoms with Crippen LogP contribution < -0.4 is 4.74 Å². The lowest BCUT2D eigenvalue weighted by molar-refractivity contribution is -0.0312. The minimum absolute atomic E-state index is 0.00976. The third-order valence-corrected chi connectivity index (χ3v) is 4.64. The maximum Gasteiger partial charge on any atom is 0.131 e. The fourth-order valence-electron chi connectivity index (χ4n) is 2.86. The summed E-state index contributed by atoms with van der Waals surface area (Å²) in [4.78, 5) is 2.19. The van der Waals surface area contributed by atoms with Gasteiger partial charge in [-0.2, -0.15) is 0 Å². The molecule has 1 atom stereocenters. The molecule has 1 aliphatic heterocycles. The van der Waals surface area contributed by atoms with Crippen LogP contribution in [-0.4, -0.2) is 42.4 Å². The van der Waals surface area contributed by atoms with Crippen LogP contribution in [0.2, 0.25) is 5.02 Å². The summed E-state index contributed by atoms with van der Waals surface area (Å²) in [5, 5.41) is 9.82. The van der Waals surface area contributed by atoms with Gasteiger partial charge in [0, 0.05) is 18.7 Å². The van der Waals surface area contributed by atoms with E-state index in [9.17, 15) is 9.50 Å². The number of halogens is 2. The Kier molecular flexibility index (Phi) is 6.26. The average molecular weight is 366 g/mol. The van der Waals surface area contributed by atoms with Crippen LogP contribution >= 0.6 is 11.6 Å². The maximum atomic E-state index is 13.8. The van der Waals surface area contributed by atoms with Crippen molar-refractivity contribution in [3.63, 3.8) is 0 Å². The highest BCUT2D eigenvalue weighted by atomic mass is 35.5. The van der Waals surface area contributed by atoms with Crippen LogP contribution in [0.3, 0.4) is 0 Å². The molecule has 1 N–H and O–H groups in total. The maximum absolute atomic E-state index is 13.8. The predicted octanol–water partition coefficient (Wildman–Crippen LogP) is 3.25. The zero-order valence-corrected chi connectivity index (χ0v) is 14.6. The summed E-state index contributed by atoms with van der Waals surface area (Å²) in [6.07, 6.45) is 0. The first-order valence-corrected chi connectivity index (χ1v) is 8.62. The summed E-state index contributed by atoms with van der Waals surface area (Å²) in [7, 11) is 0. The van der Waals surface area contributed by atoms with E-state index in [1.165, 1.54) is 6.07 Å². The molecule has 0 spiro atoms. The zero-order valence-electron chi connectivity index (χ0n) is 13.8. The van der Waals surface area contributed by atoms with E-state index in [4.69, 9.17) is 21.1 Å². The Hall–Kier alpha value is -1.66. The van der Waals surface area contributed by atoms with Crippen LogP contribution in [0, 0.1) is 5.82 Å². The van der Waals surface area contributed by atoms with Gasteiger partial charge >= 0.3 is 0 Å². The standard InChI is InChI=1S/C19H21ClFNO3/c20-18-5-2-6-19(21)17(18)13-25-16-4-1-3-14(9-16)10-22-7-8-24-12-15(22)11-23/h1-6,9,15,23H,7-8,10-13H2/t15-/m0/s1. The molecule has 0 amide bonds. The zero-order chi connectivity index (χ0) is 17.6. The fourth-order valence-corrected chi connectivity index (χ4v) is 3.08. The molecular formula is C19H21ClFNO3. The van der Waals surface area contributed by atoms with Crippen LogP contribution in [0.4, 0.5) is 4.39 Å². The van der Waals surface area contributed by atoms with Crippen molar-refractivity contribution in [2.75, 3.05) is 26.4 Å². The van der Waals surface area contributed by atoms with Gasteiger partial charge in [-0.25, -0.2) is 4.39 Å². The molecule has 0 aliphatic carbocycles. The molecule has 0 unspecified atom stereocenters. The van der Waals surface area contributed by atoms with E-state index >= 15 is 0 Å². The SMILES string of the molecule is OC[C@H]1COCCN1Cc1cccc(OCc2c(F)cccc2Cl)c1.